The minimum absolute atomic E-state index is 0.109. The van der Waals surface area contributed by atoms with Crippen molar-refractivity contribution in [1.29, 1.82) is 0 Å². The third kappa shape index (κ3) is 4.98. The Morgan fingerprint density at radius 2 is 1.83 bits per heavy atom. The average molecular weight is 439 g/mol. The van der Waals surface area contributed by atoms with Crippen LogP contribution in [0.4, 0.5) is 18.9 Å². The molecule has 0 aliphatic carbocycles. The monoisotopic (exact) mass is 439 g/mol. The van der Waals surface area contributed by atoms with Gasteiger partial charge in [-0.3, -0.25) is 9.52 Å². The number of halogens is 3. The van der Waals surface area contributed by atoms with Crippen LogP contribution in [0, 0.1) is 0 Å². The summed E-state index contributed by atoms with van der Waals surface area (Å²) in [6, 6.07) is 9.66. The van der Waals surface area contributed by atoms with Crippen LogP contribution in [0.15, 0.2) is 65.8 Å². The molecule has 0 bridgehead atoms. The highest BCUT2D eigenvalue weighted by molar-refractivity contribution is 7.92. The predicted molar refractivity (Wildman–Crippen MR) is 102 cm³/mol. The second-order valence-electron chi connectivity index (χ2n) is 6.32. The van der Waals surface area contributed by atoms with E-state index in [1.54, 1.807) is 6.07 Å². The second-order valence-corrected chi connectivity index (χ2v) is 8.01. The molecule has 0 saturated carbocycles. The summed E-state index contributed by atoms with van der Waals surface area (Å²) in [5.74, 6) is -0.982. The van der Waals surface area contributed by atoms with E-state index < -0.39 is 27.7 Å². The molecule has 3 aromatic rings. The molecule has 0 spiro atoms. The zero-order valence-electron chi connectivity index (χ0n) is 15.3. The fourth-order valence-corrected chi connectivity index (χ4v) is 3.76. The summed E-state index contributed by atoms with van der Waals surface area (Å²) in [6.07, 6.45) is -1.67. The molecule has 30 heavy (non-hydrogen) atoms. The highest BCUT2D eigenvalue weighted by Crippen LogP contribution is 2.34. The van der Waals surface area contributed by atoms with Gasteiger partial charge in [0.05, 0.1) is 21.8 Å². The maximum Gasteiger partial charge on any atom is 0.416 e. The van der Waals surface area contributed by atoms with E-state index in [0.717, 1.165) is 12.1 Å². The number of hydrogen-bond acceptors (Lipinski definition) is 4. The lowest BCUT2D eigenvalue weighted by Gasteiger charge is -2.16. The second kappa shape index (κ2) is 8.19. The molecular weight excluding hydrogens is 423 g/mol. The quantitative estimate of drug-likeness (QED) is 0.585. The van der Waals surface area contributed by atoms with Crippen molar-refractivity contribution in [3.8, 4) is 5.69 Å². The number of aryl methyl sites for hydroxylation is 1. The van der Waals surface area contributed by atoms with Gasteiger partial charge in [0.25, 0.3) is 10.0 Å². The Balaban J connectivity index is 1.94. The van der Waals surface area contributed by atoms with Crippen LogP contribution < -0.4 is 4.72 Å². The zero-order chi connectivity index (χ0) is 21.9. The molecule has 0 aliphatic heterocycles. The first-order chi connectivity index (χ1) is 14.1. The zero-order valence-corrected chi connectivity index (χ0v) is 16.1. The molecular formula is C19H16F3N3O4S. The number of anilines is 1. The van der Waals surface area contributed by atoms with Crippen LogP contribution in [0.25, 0.3) is 5.69 Å². The topological polar surface area (TPSA) is 101 Å². The molecule has 7 nitrogen and oxygen atoms in total. The van der Waals surface area contributed by atoms with Crippen LogP contribution >= 0.6 is 0 Å². The molecule has 2 N–H and O–H groups in total. The number of benzene rings is 2. The largest absolute Gasteiger partial charge is 0.481 e. The predicted octanol–water partition coefficient (Wildman–Crippen LogP) is 3.71. The van der Waals surface area contributed by atoms with Gasteiger partial charge < -0.3 is 5.11 Å². The van der Waals surface area contributed by atoms with Crippen LogP contribution in [0.1, 0.15) is 17.5 Å². The highest BCUT2D eigenvalue weighted by Gasteiger charge is 2.32. The first-order valence-corrected chi connectivity index (χ1v) is 10.1. The van der Waals surface area contributed by atoms with E-state index in [-0.39, 0.29) is 29.1 Å². The first kappa shape index (κ1) is 21.4. The number of alkyl halides is 3. The lowest BCUT2D eigenvalue weighted by molar-refractivity contribution is -0.138. The molecule has 1 heterocycles. The minimum Gasteiger partial charge on any atom is -0.481 e. The summed E-state index contributed by atoms with van der Waals surface area (Å²) in [5, 5.41) is 12.7. The maximum absolute atomic E-state index is 13.1. The van der Waals surface area contributed by atoms with Crippen molar-refractivity contribution in [3.05, 3.63) is 72.1 Å². The van der Waals surface area contributed by atoms with Crippen LogP contribution in [0.5, 0.6) is 0 Å². The molecule has 11 heteroatoms. The van der Waals surface area contributed by atoms with Crippen molar-refractivity contribution in [2.45, 2.75) is 23.9 Å². The van der Waals surface area contributed by atoms with Crippen LogP contribution in [-0.2, 0) is 27.4 Å². The number of nitrogens with zero attached hydrogens (tertiary/aromatic N) is 2. The first-order valence-electron chi connectivity index (χ1n) is 8.61. The number of aromatic nitrogens is 2. The summed E-state index contributed by atoms with van der Waals surface area (Å²) in [7, 11) is -4.21. The molecule has 0 radical (unpaired) electrons. The molecule has 0 atom stereocenters. The number of carbonyl (C=O) groups is 1. The fraction of sp³-hybridized carbons (Fsp3) is 0.158. The van der Waals surface area contributed by atoms with Gasteiger partial charge in [-0.15, -0.1) is 0 Å². The Labute approximate surface area is 169 Å². The Morgan fingerprint density at radius 1 is 1.13 bits per heavy atom. The molecule has 0 unspecified atom stereocenters. The van der Waals surface area contributed by atoms with Crippen molar-refractivity contribution in [1.82, 2.24) is 9.78 Å². The summed E-state index contributed by atoms with van der Waals surface area (Å²) in [4.78, 5) is 10.5. The molecule has 1 aromatic heterocycles. The number of sulfonamides is 1. The molecule has 0 fully saturated rings. The van der Waals surface area contributed by atoms with Gasteiger partial charge in [0.2, 0.25) is 0 Å². The number of carboxylic acid groups (broad SMARTS) is 1. The lowest BCUT2D eigenvalue weighted by atomic mass is 10.1. The summed E-state index contributed by atoms with van der Waals surface area (Å²) in [5.41, 5.74) is -0.564. The van der Waals surface area contributed by atoms with Gasteiger partial charge in [-0.1, -0.05) is 12.1 Å². The van der Waals surface area contributed by atoms with Crippen LogP contribution in [0.2, 0.25) is 0 Å². The van der Waals surface area contributed by atoms with Crippen molar-refractivity contribution >= 4 is 21.7 Å². The van der Waals surface area contributed by atoms with E-state index in [0.29, 0.717) is 11.6 Å². The Kier molecular flexibility index (Phi) is 5.83. The smallest absolute Gasteiger partial charge is 0.416 e. The maximum atomic E-state index is 13.1. The third-order valence-corrected chi connectivity index (χ3v) is 5.56. The van der Waals surface area contributed by atoms with Gasteiger partial charge in [0, 0.05) is 18.8 Å². The lowest BCUT2D eigenvalue weighted by Crippen LogP contribution is -2.16. The van der Waals surface area contributed by atoms with Gasteiger partial charge in [0.15, 0.2) is 0 Å². The number of rotatable bonds is 7. The van der Waals surface area contributed by atoms with Gasteiger partial charge in [-0.25, -0.2) is 13.1 Å². The van der Waals surface area contributed by atoms with Crippen molar-refractivity contribution < 1.29 is 31.5 Å². The normalized spacial score (nSPS) is 12.0. The number of hydrogen-bond donors (Lipinski definition) is 2. The highest BCUT2D eigenvalue weighted by atomic mass is 32.2. The molecule has 0 saturated heterocycles. The van der Waals surface area contributed by atoms with Gasteiger partial charge in [-0.2, -0.15) is 18.3 Å². The molecule has 0 amide bonds. The Morgan fingerprint density at radius 3 is 2.40 bits per heavy atom. The number of carboxylic acids is 1. The Hall–Kier alpha value is -3.34. The van der Waals surface area contributed by atoms with Gasteiger partial charge in [-0.05, 0) is 48.4 Å². The standard InChI is InChI=1S/C19H16F3N3O4S/c20-19(21,22)14-5-8-17(25-11-1-10-23-25)16(12-14)24-30(28,29)15-6-2-13(3-7-15)4-9-18(26)27/h1-3,5-8,10-12,24H,4,9H2,(H,26,27). The fourth-order valence-electron chi connectivity index (χ4n) is 2.70. The van der Waals surface area contributed by atoms with Gasteiger partial charge >= 0.3 is 12.1 Å². The van der Waals surface area contributed by atoms with Crippen molar-refractivity contribution in [3.63, 3.8) is 0 Å². The molecule has 0 aliphatic rings. The van der Waals surface area contributed by atoms with E-state index >= 15 is 0 Å². The summed E-state index contributed by atoms with van der Waals surface area (Å²) < 4.78 is 68.3. The van der Waals surface area contributed by atoms with Crippen LogP contribution in [-0.4, -0.2) is 29.3 Å². The van der Waals surface area contributed by atoms with E-state index in [1.165, 1.54) is 41.3 Å². The van der Waals surface area contributed by atoms with Crippen LogP contribution in [0.3, 0.4) is 0 Å². The summed E-state index contributed by atoms with van der Waals surface area (Å²) >= 11 is 0. The molecule has 3 rings (SSSR count). The average Bonchev–Trinajstić information content (AvgIpc) is 3.20. The number of nitrogens with one attached hydrogen (secondary N) is 1. The van der Waals surface area contributed by atoms with E-state index in [2.05, 4.69) is 9.82 Å². The van der Waals surface area contributed by atoms with Gasteiger partial charge in [0.1, 0.15) is 0 Å². The van der Waals surface area contributed by atoms with Crippen molar-refractivity contribution in [2.75, 3.05) is 4.72 Å². The third-order valence-electron chi connectivity index (χ3n) is 4.18. The number of aliphatic carboxylic acids is 1. The van der Waals surface area contributed by atoms with E-state index in [9.17, 15) is 26.4 Å². The SMILES string of the molecule is O=C(O)CCc1ccc(S(=O)(=O)Nc2cc(C(F)(F)F)ccc2-n2cccn2)cc1. The van der Waals surface area contributed by atoms with E-state index in [4.69, 9.17) is 5.11 Å². The molecule has 2 aromatic carbocycles. The Bertz CT molecular complexity index is 1140. The van der Waals surface area contributed by atoms with E-state index in [1.807, 2.05) is 0 Å². The molecule has 158 valence electrons. The van der Waals surface area contributed by atoms with Crippen molar-refractivity contribution in [2.24, 2.45) is 0 Å². The minimum atomic E-state index is -4.66. The summed E-state index contributed by atoms with van der Waals surface area (Å²) in [6.45, 7) is 0.